The predicted octanol–water partition coefficient (Wildman–Crippen LogP) is -4.12. The largest absolute Gasteiger partial charge is 0.394 e. The number of aliphatic hydroxyl groups is 1. The topological polar surface area (TPSA) is 311 Å². The molecule has 0 aliphatic carbocycles. The number of amides is 9. The normalized spacial score (nSPS) is 21.6. The van der Waals surface area contributed by atoms with E-state index in [1.165, 1.54) is 49.3 Å². The van der Waals surface area contributed by atoms with Crippen LogP contribution in [0.2, 0.25) is 0 Å². The Bertz CT molecular complexity index is 1680. The smallest absolute Gasteiger partial charge is 0.248 e. The molecule has 0 aromatic heterocycles. The first-order valence-corrected chi connectivity index (χ1v) is 21.5. The van der Waals surface area contributed by atoms with Crippen LogP contribution in [0.15, 0.2) is 0 Å². The zero-order valence-electron chi connectivity index (χ0n) is 36.9. The monoisotopic (exact) mass is 878 g/mol. The van der Waals surface area contributed by atoms with E-state index in [0.717, 1.165) is 0 Å². The van der Waals surface area contributed by atoms with Crippen LogP contribution in [0.1, 0.15) is 93.4 Å². The molecule has 348 valence electrons. The van der Waals surface area contributed by atoms with Crippen LogP contribution in [-0.4, -0.2) is 179 Å². The molecule has 0 aromatic carbocycles. The van der Waals surface area contributed by atoms with Gasteiger partial charge in [-0.2, -0.15) is 0 Å². The van der Waals surface area contributed by atoms with Crippen molar-refractivity contribution in [2.24, 2.45) is 5.73 Å². The lowest BCUT2D eigenvalue weighted by Crippen LogP contribution is -2.59. The third-order valence-electron chi connectivity index (χ3n) is 11.3. The van der Waals surface area contributed by atoms with E-state index in [4.69, 9.17) is 5.73 Å². The summed E-state index contributed by atoms with van der Waals surface area (Å²) in [4.78, 5) is 134. The number of likely N-dealkylation sites (tertiary alicyclic amines) is 3. The number of primary amides is 1. The molecule has 62 heavy (non-hydrogen) atoms. The van der Waals surface area contributed by atoms with Crippen molar-refractivity contribution in [3.05, 3.63) is 0 Å². The fraction of sp³-hybridized carbons (Fsp3) is 0.750. The van der Waals surface area contributed by atoms with E-state index in [0.29, 0.717) is 45.2 Å². The fourth-order valence-corrected chi connectivity index (χ4v) is 7.62. The fourth-order valence-electron chi connectivity index (χ4n) is 7.62. The quantitative estimate of drug-likeness (QED) is 0.0500. The Morgan fingerprint density at radius 3 is 1.53 bits per heavy atom. The minimum absolute atomic E-state index is 0.130. The first-order chi connectivity index (χ1) is 29.2. The zero-order chi connectivity index (χ0) is 46.4. The van der Waals surface area contributed by atoms with E-state index in [2.05, 4.69) is 37.2 Å². The summed E-state index contributed by atoms with van der Waals surface area (Å²) in [6.45, 7) is 11.3. The molecule has 9 atom stereocenters. The van der Waals surface area contributed by atoms with Gasteiger partial charge in [-0.05, 0) is 73.1 Å². The second-order valence-electron chi connectivity index (χ2n) is 16.6. The van der Waals surface area contributed by atoms with Gasteiger partial charge in [-0.25, -0.2) is 0 Å². The molecule has 0 bridgehead atoms. The Morgan fingerprint density at radius 1 is 0.565 bits per heavy atom. The highest BCUT2D eigenvalue weighted by molar-refractivity contribution is 5.98. The molecule has 3 aliphatic heterocycles. The maximum Gasteiger partial charge on any atom is 0.248 e. The molecule has 0 radical (unpaired) electrons. The van der Waals surface area contributed by atoms with Crippen LogP contribution >= 0.6 is 0 Å². The number of nitrogens with two attached hydrogens (primary N) is 1. The van der Waals surface area contributed by atoms with Gasteiger partial charge in [0.25, 0.3) is 0 Å². The van der Waals surface area contributed by atoms with E-state index in [1.807, 2.05) is 13.8 Å². The van der Waals surface area contributed by atoms with Crippen LogP contribution in [0.25, 0.3) is 0 Å². The van der Waals surface area contributed by atoms with Gasteiger partial charge >= 0.3 is 0 Å². The van der Waals surface area contributed by atoms with Crippen molar-refractivity contribution in [2.45, 2.75) is 154 Å². The SMILES string of the molecule is CC(C)NCCC(=O)N[C@@H](C)C(=O)N[C@@H](CO)C(=O)N1CCC[C@H]1C(=O)N[C@@H](C)C(=O)N[C@@H](C)C(=O)N1CCC[C@H]1C(=O)N[C@@H](C)C(=O)N1CCCC1C(=O)CN[C@@H](C)C(N)=O. The van der Waals surface area contributed by atoms with E-state index in [9.17, 15) is 53.1 Å². The minimum atomic E-state index is -1.40. The van der Waals surface area contributed by atoms with Gasteiger partial charge in [-0.1, -0.05) is 13.8 Å². The van der Waals surface area contributed by atoms with Crippen LogP contribution in [0.5, 0.6) is 0 Å². The number of nitrogens with one attached hydrogen (secondary N) is 7. The molecule has 0 saturated carbocycles. The Kier molecular flexibility index (Phi) is 19.7. The number of nitrogens with zero attached hydrogens (tertiary/aromatic N) is 3. The number of carbonyl (C=O) groups is 10. The summed E-state index contributed by atoms with van der Waals surface area (Å²) in [6.07, 6.45) is 2.62. The first-order valence-electron chi connectivity index (χ1n) is 21.5. The van der Waals surface area contributed by atoms with Crippen LogP contribution in [0, 0.1) is 0 Å². The molecule has 0 spiro atoms. The molecule has 3 aliphatic rings. The molecule has 3 saturated heterocycles. The van der Waals surface area contributed by atoms with E-state index in [-0.39, 0.29) is 50.2 Å². The molecule has 1 unspecified atom stereocenters. The molecule has 3 heterocycles. The van der Waals surface area contributed by atoms with Crippen LogP contribution in [-0.2, 0) is 47.9 Å². The van der Waals surface area contributed by atoms with E-state index >= 15 is 0 Å². The average molecular weight is 878 g/mol. The number of Topliss-reactive ketones (excluding diaryl/α,β-unsaturated/α-hetero) is 1. The van der Waals surface area contributed by atoms with Gasteiger partial charge in [0, 0.05) is 38.6 Å². The van der Waals surface area contributed by atoms with E-state index < -0.39 is 108 Å². The van der Waals surface area contributed by atoms with Crippen molar-refractivity contribution in [1.29, 1.82) is 0 Å². The van der Waals surface area contributed by atoms with Crippen LogP contribution in [0.3, 0.4) is 0 Å². The second-order valence-corrected chi connectivity index (χ2v) is 16.6. The van der Waals surface area contributed by atoms with Gasteiger partial charge in [-0.3, -0.25) is 53.3 Å². The lowest BCUT2D eigenvalue weighted by molar-refractivity contribution is -0.144. The zero-order valence-corrected chi connectivity index (χ0v) is 36.9. The second kappa shape index (κ2) is 23.8. The standard InChI is InChI=1S/C40H67N11O11/c1-21(2)42-15-14-32(54)44-23(4)35(57)48-27(20-52)40(62)51-18-10-13-30(51)36(58)45-24(5)34(56)46-25(6)39(61)50-17-9-12-29(50)37(59)47-26(7)38(60)49-16-8-11-28(49)31(53)19-43-22(3)33(41)55/h21-30,42-43,52H,8-20H2,1-7H3,(H2,41,55)(H,44,54)(H,45,58)(H,46,56)(H,47,59)(H,48,57)/t22-,23-,24-,25-,26-,27-,28?,29-,30-/m0/s1. The number of hydrogen-bond donors (Lipinski definition) is 9. The van der Waals surface area contributed by atoms with Crippen LogP contribution in [0.4, 0.5) is 0 Å². The summed E-state index contributed by atoms with van der Waals surface area (Å²) in [5, 5.41) is 28.7. The van der Waals surface area contributed by atoms with Crippen molar-refractivity contribution in [1.82, 2.24) is 51.9 Å². The van der Waals surface area contributed by atoms with Crippen LogP contribution < -0.4 is 43.0 Å². The van der Waals surface area contributed by atoms with Crippen molar-refractivity contribution >= 4 is 58.9 Å². The molecule has 10 N–H and O–H groups in total. The molecule has 22 heteroatoms. The summed E-state index contributed by atoms with van der Waals surface area (Å²) in [5.74, 6) is -5.66. The highest BCUT2D eigenvalue weighted by Gasteiger charge is 2.41. The Hall–Kier alpha value is -5.22. The van der Waals surface area contributed by atoms with Crippen molar-refractivity contribution in [2.75, 3.05) is 39.3 Å². The lowest BCUT2D eigenvalue weighted by atomic mass is 10.1. The maximum atomic E-state index is 13.6. The maximum absolute atomic E-state index is 13.6. The van der Waals surface area contributed by atoms with Crippen molar-refractivity contribution < 1.29 is 53.1 Å². The number of ketones is 1. The Balaban J connectivity index is 1.51. The van der Waals surface area contributed by atoms with Crippen molar-refractivity contribution in [3.63, 3.8) is 0 Å². The highest BCUT2D eigenvalue weighted by atomic mass is 16.3. The molecule has 0 aromatic rings. The summed E-state index contributed by atoms with van der Waals surface area (Å²) < 4.78 is 0. The lowest BCUT2D eigenvalue weighted by Gasteiger charge is -2.31. The first kappa shape index (κ1) is 51.1. The summed E-state index contributed by atoms with van der Waals surface area (Å²) in [6, 6.07) is -8.92. The van der Waals surface area contributed by atoms with Gasteiger partial charge in [-0.15, -0.1) is 0 Å². The van der Waals surface area contributed by atoms with Gasteiger partial charge in [0.15, 0.2) is 5.78 Å². The Morgan fingerprint density at radius 2 is 1.02 bits per heavy atom. The molecule has 9 amide bonds. The number of hydrogen-bond acceptors (Lipinski definition) is 13. The number of rotatable bonds is 22. The van der Waals surface area contributed by atoms with Crippen molar-refractivity contribution in [3.8, 4) is 0 Å². The van der Waals surface area contributed by atoms with Gasteiger partial charge in [0.1, 0.15) is 42.3 Å². The molecule has 3 rings (SSSR count). The number of aliphatic hydroxyl groups excluding tert-OH is 1. The third kappa shape index (κ3) is 14.2. The molecular formula is C40H67N11O11. The summed E-state index contributed by atoms with van der Waals surface area (Å²) in [7, 11) is 0. The summed E-state index contributed by atoms with van der Waals surface area (Å²) in [5.41, 5.74) is 5.25. The molecule has 22 nitrogen and oxygen atoms in total. The highest BCUT2D eigenvalue weighted by Crippen LogP contribution is 2.22. The third-order valence-corrected chi connectivity index (χ3v) is 11.3. The summed E-state index contributed by atoms with van der Waals surface area (Å²) >= 11 is 0. The van der Waals surface area contributed by atoms with E-state index in [1.54, 1.807) is 0 Å². The number of carbonyl (C=O) groups excluding carboxylic acids is 10. The van der Waals surface area contributed by atoms with Gasteiger partial charge in [0.05, 0.1) is 25.2 Å². The average Bonchev–Trinajstić information content (AvgIpc) is 4.02. The molecule has 3 fully saturated rings. The predicted molar refractivity (Wildman–Crippen MR) is 223 cm³/mol. The van der Waals surface area contributed by atoms with Gasteiger partial charge in [0.2, 0.25) is 53.2 Å². The minimum Gasteiger partial charge on any atom is -0.394 e. The molecular weight excluding hydrogens is 811 g/mol. The Labute approximate surface area is 362 Å². The van der Waals surface area contributed by atoms with Gasteiger partial charge < -0.3 is 57.4 Å².